The number of hydrogen-bond acceptors (Lipinski definition) is 5. The predicted molar refractivity (Wildman–Crippen MR) is 77.3 cm³/mol. The van der Waals surface area contributed by atoms with E-state index in [2.05, 4.69) is 10.4 Å². The highest BCUT2D eigenvalue weighted by atomic mass is 16.5. The van der Waals surface area contributed by atoms with Crippen molar-refractivity contribution in [1.82, 2.24) is 9.78 Å². The summed E-state index contributed by atoms with van der Waals surface area (Å²) in [5, 5.41) is 6.81. The van der Waals surface area contributed by atoms with E-state index in [-0.39, 0.29) is 11.8 Å². The maximum Gasteiger partial charge on any atom is 0.262 e. The Bertz CT molecular complexity index is 652. The van der Waals surface area contributed by atoms with Crippen LogP contribution in [-0.2, 0) is 7.05 Å². The molecule has 0 aliphatic rings. The maximum atomic E-state index is 12.3. The molecule has 1 aromatic heterocycles. The SMILES string of the molecule is COc1ccc(OC)c(NC(=O)c2cn(C)nc2OC)c1. The summed E-state index contributed by atoms with van der Waals surface area (Å²) in [5.41, 5.74) is 0.845. The molecule has 1 N–H and O–H groups in total. The molecule has 1 amide bonds. The lowest BCUT2D eigenvalue weighted by atomic mass is 10.2. The molecule has 2 rings (SSSR count). The number of nitrogens with one attached hydrogen (secondary N) is 1. The van der Waals surface area contributed by atoms with Crippen molar-refractivity contribution < 1.29 is 19.0 Å². The average Bonchev–Trinajstić information content (AvgIpc) is 2.88. The molecule has 0 radical (unpaired) electrons. The predicted octanol–water partition coefficient (Wildman–Crippen LogP) is 1.70. The second kappa shape index (κ2) is 6.17. The molecule has 21 heavy (non-hydrogen) atoms. The highest BCUT2D eigenvalue weighted by Gasteiger charge is 2.18. The minimum atomic E-state index is -0.341. The average molecular weight is 291 g/mol. The largest absolute Gasteiger partial charge is 0.497 e. The molecule has 0 saturated heterocycles. The first kappa shape index (κ1) is 14.7. The molecule has 1 heterocycles. The Hall–Kier alpha value is -2.70. The fourth-order valence-corrected chi connectivity index (χ4v) is 1.88. The number of nitrogens with zero attached hydrogens (tertiary/aromatic N) is 2. The van der Waals surface area contributed by atoms with Crippen molar-refractivity contribution in [1.29, 1.82) is 0 Å². The Morgan fingerprint density at radius 3 is 2.57 bits per heavy atom. The van der Waals surface area contributed by atoms with Crippen LogP contribution in [0.4, 0.5) is 5.69 Å². The van der Waals surface area contributed by atoms with Crippen molar-refractivity contribution in [3.05, 3.63) is 30.0 Å². The number of carbonyl (C=O) groups is 1. The topological polar surface area (TPSA) is 74.6 Å². The summed E-state index contributed by atoms with van der Waals surface area (Å²) in [6.07, 6.45) is 1.58. The number of aromatic nitrogens is 2. The molecule has 0 fully saturated rings. The lowest BCUT2D eigenvalue weighted by molar-refractivity contribution is 0.102. The summed E-state index contributed by atoms with van der Waals surface area (Å²) in [6, 6.07) is 5.15. The van der Waals surface area contributed by atoms with Crippen LogP contribution >= 0.6 is 0 Å². The first-order valence-corrected chi connectivity index (χ1v) is 6.20. The van der Waals surface area contributed by atoms with Gasteiger partial charge in [-0.1, -0.05) is 0 Å². The number of aryl methyl sites for hydroxylation is 1. The van der Waals surface area contributed by atoms with Gasteiger partial charge < -0.3 is 19.5 Å². The van der Waals surface area contributed by atoms with Crippen LogP contribution in [0.5, 0.6) is 17.4 Å². The number of rotatable bonds is 5. The molecule has 7 heteroatoms. The van der Waals surface area contributed by atoms with Crippen LogP contribution in [0, 0.1) is 0 Å². The number of anilines is 1. The van der Waals surface area contributed by atoms with Gasteiger partial charge in [0.05, 0.1) is 27.0 Å². The van der Waals surface area contributed by atoms with E-state index < -0.39 is 0 Å². The standard InChI is InChI=1S/C14H17N3O4/c1-17-8-10(14(16-17)21-4)13(18)15-11-7-9(19-2)5-6-12(11)20-3/h5-8H,1-4H3,(H,15,18). The third kappa shape index (κ3) is 3.07. The fourth-order valence-electron chi connectivity index (χ4n) is 1.88. The van der Waals surface area contributed by atoms with Gasteiger partial charge in [-0.2, -0.15) is 0 Å². The van der Waals surface area contributed by atoms with Gasteiger partial charge in [0.1, 0.15) is 17.1 Å². The molecule has 2 aromatic rings. The Morgan fingerprint density at radius 2 is 1.95 bits per heavy atom. The van der Waals surface area contributed by atoms with Crippen LogP contribution in [0.2, 0.25) is 0 Å². The molecule has 7 nitrogen and oxygen atoms in total. The summed E-state index contributed by atoms with van der Waals surface area (Å²) < 4.78 is 17.0. The smallest absolute Gasteiger partial charge is 0.262 e. The molecule has 0 aliphatic heterocycles. The lowest BCUT2D eigenvalue weighted by Crippen LogP contribution is -2.13. The zero-order valence-corrected chi connectivity index (χ0v) is 12.3. The number of ether oxygens (including phenoxy) is 3. The van der Waals surface area contributed by atoms with Gasteiger partial charge in [0, 0.05) is 19.3 Å². The van der Waals surface area contributed by atoms with Crippen LogP contribution in [0.15, 0.2) is 24.4 Å². The van der Waals surface area contributed by atoms with Gasteiger partial charge in [-0.3, -0.25) is 9.48 Å². The number of methoxy groups -OCH3 is 3. The van der Waals surface area contributed by atoms with E-state index in [0.29, 0.717) is 22.7 Å². The van der Waals surface area contributed by atoms with Crippen molar-refractivity contribution in [2.45, 2.75) is 0 Å². The normalized spacial score (nSPS) is 10.1. The van der Waals surface area contributed by atoms with Crippen molar-refractivity contribution in [2.75, 3.05) is 26.6 Å². The Kier molecular flexibility index (Phi) is 4.32. The Morgan fingerprint density at radius 1 is 1.19 bits per heavy atom. The summed E-state index contributed by atoms with van der Waals surface area (Å²) in [4.78, 5) is 12.3. The first-order chi connectivity index (χ1) is 10.1. The van der Waals surface area contributed by atoms with Gasteiger partial charge in [0.2, 0.25) is 5.88 Å². The van der Waals surface area contributed by atoms with Gasteiger partial charge in [-0.25, -0.2) is 0 Å². The molecular weight excluding hydrogens is 274 g/mol. The van der Waals surface area contributed by atoms with E-state index in [1.54, 1.807) is 38.6 Å². The first-order valence-electron chi connectivity index (χ1n) is 6.20. The molecule has 0 saturated carbocycles. The van der Waals surface area contributed by atoms with Crippen LogP contribution in [0.1, 0.15) is 10.4 Å². The molecule has 0 aliphatic carbocycles. The molecular formula is C14H17N3O4. The third-order valence-electron chi connectivity index (χ3n) is 2.89. The monoisotopic (exact) mass is 291 g/mol. The molecule has 1 aromatic carbocycles. The Labute approximate surface area is 122 Å². The second-order valence-electron chi connectivity index (χ2n) is 4.25. The van der Waals surface area contributed by atoms with E-state index in [4.69, 9.17) is 14.2 Å². The second-order valence-corrected chi connectivity index (χ2v) is 4.25. The van der Waals surface area contributed by atoms with Crippen molar-refractivity contribution >= 4 is 11.6 Å². The van der Waals surface area contributed by atoms with Crippen LogP contribution in [0.3, 0.4) is 0 Å². The molecule has 112 valence electrons. The quantitative estimate of drug-likeness (QED) is 0.907. The minimum Gasteiger partial charge on any atom is -0.497 e. The van der Waals surface area contributed by atoms with Crippen molar-refractivity contribution in [3.8, 4) is 17.4 Å². The van der Waals surface area contributed by atoms with E-state index >= 15 is 0 Å². The Balaban J connectivity index is 2.30. The zero-order valence-electron chi connectivity index (χ0n) is 12.3. The van der Waals surface area contributed by atoms with E-state index in [1.165, 1.54) is 18.9 Å². The lowest BCUT2D eigenvalue weighted by Gasteiger charge is -2.11. The summed E-state index contributed by atoms with van der Waals surface area (Å²) >= 11 is 0. The summed E-state index contributed by atoms with van der Waals surface area (Å²) in [7, 11) is 6.26. The van der Waals surface area contributed by atoms with Gasteiger partial charge >= 0.3 is 0 Å². The fraction of sp³-hybridized carbons (Fsp3) is 0.286. The number of amides is 1. The summed E-state index contributed by atoms with van der Waals surface area (Å²) in [5.74, 6) is 1.07. The highest BCUT2D eigenvalue weighted by Crippen LogP contribution is 2.29. The number of benzene rings is 1. The highest BCUT2D eigenvalue weighted by molar-refractivity contribution is 6.06. The van der Waals surface area contributed by atoms with Gasteiger partial charge in [0.15, 0.2) is 0 Å². The van der Waals surface area contributed by atoms with Crippen molar-refractivity contribution in [2.24, 2.45) is 7.05 Å². The van der Waals surface area contributed by atoms with E-state index in [1.807, 2.05) is 0 Å². The van der Waals surface area contributed by atoms with Crippen LogP contribution < -0.4 is 19.5 Å². The molecule has 0 atom stereocenters. The number of hydrogen-bond donors (Lipinski definition) is 1. The maximum absolute atomic E-state index is 12.3. The van der Waals surface area contributed by atoms with Gasteiger partial charge in [-0.05, 0) is 12.1 Å². The number of carbonyl (C=O) groups excluding carboxylic acids is 1. The van der Waals surface area contributed by atoms with E-state index in [0.717, 1.165) is 0 Å². The van der Waals surface area contributed by atoms with Crippen LogP contribution in [-0.4, -0.2) is 37.0 Å². The van der Waals surface area contributed by atoms with Crippen LogP contribution in [0.25, 0.3) is 0 Å². The molecule has 0 bridgehead atoms. The van der Waals surface area contributed by atoms with E-state index in [9.17, 15) is 4.79 Å². The van der Waals surface area contributed by atoms with Crippen molar-refractivity contribution in [3.63, 3.8) is 0 Å². The van der Waals surface area contributed by atoms with Gasteiger partial charge in [-0.15, -0.1) is 5.10 Å². The summed E-state index contributed by atoms with van der Waals surface area (Å²) in [6.45, 7) is 0. The molecule has 0 unspecified atom stereocenters. The third-order valence-corrected chi connectivity index (χ3v) is 2.89. The minimum absolute atomic E-state index is 0.261. The zero-order chi connectivity index (χ0) is 15.4. The van der Waals surface area contributed by atoms with Gasteiger partial charge in [0.25, 0.3) is 5.91 Å². The molecule has 0 spiro atoms.